The van der Waals surface area contributed by atoms with Crippen LogP contribution < -0.4 is 10.0 Å². The van der Waals surface area contributed by atoms with Gasteiger partial charge >= 0.3 is 0 Å². The van der Waals surface area contributed by atoms with Crippen LogP contribution in [0.3, 0.4) is 0 Å². The van der Waals surface area contributed by atoms with Crippen molar-refractivity contribution in [1.29, 1.82) is 0 Å². The Bertz CT molecular complexity index is 851. The first-order valence-corrected chi connectivity index (χ1v) is 9.93. The van der Waals surface area contributed by atoms with Crippen LogP contribution in [0.5, 0.6) is 0 Å². The Morgan fingerprint density at radius 2 is 1.92 bits per heavy atom. The first-order chi connectivity index (χ1) is 11.3. The number of benzene rings is 2. The summed E-state index contributed by atoms with van der Waals surface area (Å²) in [6, 6.07) is 12.0. The molecule has 24 heavy (non-hydrogen) atoms. The molecule has 0 heterocycles. The topological polar surface area (TPSA) is 75.3 Å². The summed E-state index contributed by atoms with van der Waals surface area (Å²) >= 11 is 3.37. The number of amides is 1. The molecule has 0 unspecified atom stereocenters. The van der Waals surface area contributed by atoms with Gasteiger partial charge in [0.15, 0.2) is 0 Å². The second kappa shape index (κ2) is 7.81. The van der Waals surface area contributed by atoms with Crippen LogP contribution in [0.4, 0.5) is 11.4 Å². The molecule has 0 spiro atoms. The van der Waals surface area contributed by atoms with Gasteiger partial charge in [0.25, 0.3) is 5.91 Å². The summed E-state index contributed by atoms with van der Waals surface area (Å²) in [6.45, 7) is 3.70. The number of rotatable bonds is 6. The Morgan fingerprint density at radius 3 is 2.62 bits per heavy atom. The zero-order chi connectivity index (χ0) is 17.7. The van der Waals surface area contributed by atoms with Gasteiger partial charge in [-0.05, 0) is 49.2 Å². The Hall–Kier alpha value is -1.86. The zero-order valence-corrected chi connectivity index (χ0v) is 15.9. The molecule has 7 heteroatoms. The molecule has 1 amide bonds. The number of anilines is 2. The summed E-state index contributed by atoms with van der Waals surface area (Å²) in [6.07, 6.45) is 0.525. The number of carbonyl (C=O) groups is 1. The molecule has 2 aromatic carbocycles. The van der Waals surface area contributed by atoms with Crippen molar-refractivity contribution >= 4 is 43.2 Å². The van der Waals surface area contributed by atoms with E-state index < -0.39 is 10.0 Å². The fourth-order valence-corrected chi connectivity index (χ4v) is 3.63. The summed E-state index contributed by atoms with van der Waals surface area (Å²) in [5, 5.41) is 2.84. The van der Waals surface area contributed by atoms with Crippen LogP contribution in [0.1, 0.15) is 29.3 Å². The molecule has 0 fully saturated rings. The van der Waals surface area contributed by atoms with Crippen LogP contribution in [0.15, 0.2) is 46.9 Å². The van der Waals surface area contributed by atoms with E-state index in [1.54, 1.807) is 25.1 Å². The highest BCUT2D eigenvalue weighted by Gasteiger charge is 2.12. The minimum atomic E-state index is -3.39. The van der Waals surface area contributed by atoms with E-state index in [4.69, 9.17) is 0 Å². The third-order valence-electron chi connectivity index (χ3n) is 3.32. The van der Waals surface area contributed by atoms with Crippen molar-refractivity contribution in [3.8, 4) is 0 Å². The van der Waals surface area contributed by atoms with E-state index in [-0.39, 0.29) is 11.7 Å². The highest BCUT2D eigenvalue weighted by atomic mass is 79.9. The molecule has 0 aliphatic carbocycles. The number of sulfonamides is 1. The van der Waals surface area contributed by atoms with Crippen LogP contribution in [0, 0.1) is 6.92 Å². The van der Waals surface area contributed by atoms with E-state index in [9.17, 15) is 13.2 Å². The Balaban J connectivity index is 2.19. The van der Waals surface area contributed by atoms with Gasteiger partial charge in [0.2, 0.25) is 10.0 Å². The van der Waals surface area contributed by atoms with Crippen LogP contribution in [-0.2, 0) is 10.0 Å². The normalized spacial score (nSPS) is 11.1. The van der Waals surface area contributed by atoms with Gasteiger partial charge in [0, 0.05) is 21.4 Å². The molecular weight excluding hydrogens is 392 g/mol. The molecule has 2 N–H and O–H groups in total. The van der Waals surface area contributed by atoms with Gasteiger partial charge in [0.1, 0.15) is 0 Å². The largest absolute Gasteiger partial charge is 0.322 e. The van der Waals surface area contributed by atoms with E-state index >= 15 is 0 Å². The van der Waals surface area contributed by atoms with Crippen LogP contribution in [-0.4, -0.2) is 20.1 Å². The van der Waals surface area contributed by atoms with Gasteiger partial charge < -0.3 is 5.32 Å². The average Bonchev–Trinajstić information content (AvgIpc) is 2.50. The molecule has 0 aliphatic heterocycles. The van der Waals surface area contributed by atoms with Gasteiger partial charge in [-0.3, -0.25) is 9.52 Å². The molecule has 0 aliphatic rings. The summed E-state index contributed by atoms with van der Waals surface area (Å²) in [7, 11) is -3.39. The lowest BCUT2D eigenvalue weighted by Crippen LogP contribution is -2.17. The quantitative estimate of drug-likeness (QED) is 0.750. The number of carbonyl (C=O) groups excluding carboxylic acids is 1. The first-order valence-electron chi connectivity index (χ1n) is 7.49. The maximum atomic E-state index is 12.4. The Morgan fingerprint density at radius 1 is 1.17 bits per heavy atom. The summed E-state index contributed by atoms with van der Waals surface area (Å²) in [5.41, 5.74) is 2.39. The van der Waals surface area contributed by atoms with E-state index in [2.05, 4.69) is 26.0 Å². The molecule has 0 atom stereocenters. The number of nitrogens with one attached hydrogen (secondary N) is 2. The number of halogens is 1. The smallest absolute Gasteiger partial charge is 0.255 e. The van der Waals surface area contributed by atoms with Crippen LogP contribution >= 0.6 is 15.9 Å². The van der Waals surface area contributed by atoms with Crippen molar-refractivity contribution in [1.82, 2.24) is 0 Å². The monoisotopic (exact) mass is 410 g/mol. The van der Waals surface area contributed by atoms with Crippen molar-refractivity contribution in [2.24, 2.45) is 0 Å². The molecular formula is C17H19BrN2O3S. The van der Waals surface area contributed by atoms with E-state index in [1.165, 1.54) is 6.07 Å². The zero-order valence-electron chi connectivity index (χ0n) is 13.5. The second-order valence-corrected chi connectivity index (χ2v) is 8.17. The maximum Gasteiger partial charge on any atom is 0.255 e. The molecule has 0 saturated heterocycles. The van der Waals surface area contributed by atoms with Gasteiger partial charge in [0.05, 0.1) is 5.75 Å². The number of hydrogen-bond acceptors (Lipinski definition) is 3. The van der Waals surface area contributed by atoms with Crippen LogP contribution in [0.25, 0.3) is 0 Å². The van der Waals surface area contributed by atoms with E-state index in [0.717, 1.165) is 10.0 Å². The molecule has 128 valence electrons. The third-order valence-corrected chi connectivity index (χ3v) is 5.30. The lowest BCUT2D eigenvalue weighted by Gasteiger charge is -2.11. The third kappa shape index (κ3) is 5.07. The SMILES string of the molecule is CCCS(=O)(=O)Nc1cccc(C(=O)Nc2cc(Br)ccc2C)c1. The summed E-state index contributed by atoms with van der Waals surface area (Å²) in [5.74, 6) is -0.256. The van der Waals surface area contributed by atoms with E-state index in [1.807, 2.05) is 25.1 Å². The average molecular weight is 411 g/mol. The van der Waals surface area contributed by atoms with Gasteiger partial charge in [-0.25, -0.2) is 8.42 Å². The molecule has 5 nitrogen and oxygen atoms in total. The minimum absolute atomic E-state index is 0.0423. The maximum absolute atomic E-state index is 12.4. The lowest BCUT2D eigenvalue weighted by molar-refractivity contribution is 0.102. The molecule has 2 rings (SSSR count). The van der Waals surface area contributed by atoms with Crippen LogP contribution in [0.2, 0.25) is 0 Å². The number of aryl methyl sites for hydroxylation is 1. The van der Waals surface area contributed by atoms with Crippen molar-refractivity contribution in [3.05, 3.63) is 58.1 Å². The van der Waals surface area contributed by atoms with Crippen molar-refractivity contribution in [2.45, 2.75) is 20.3 Å². The summed E-state index contributed by atoms with van der Waals surface area (Å²) in [4.78, 5) is 12.4. The summed E-state index contributed by atoms with van der Waals surface area (Å²) < 4.78 is 27.0. The van der Waals surface area contributed by atoms with Crippen molar-refractivity contribution < 1.29 is 13.2 Å². The van der Waals surface area contributed by atoms with Gasteiger partial charge in [-0.2, -0.15) is 0 Å². The predicted molar refractivity (Wildman–Crippen MR) is 101 cm³/mol. The lowest BCUT2D eigenvalue weighted by atomic mass is 10.1. The highest BCUT2D eigenvalue weighted by molar-refractivity contribution is 9.10. The van der Waals surface area contributed by atoms with Gasteiger partial charge in [-0.1, -0.05) is 35.0 Å². The highest BCUT2D eigenvalue weighted by Crippen LogP contribution is 2.22. The molecule has 2 aromatic rings. The number of hydrogen-bond donors (Lipinski definition) is 2. The second-order valence-electron chi connectivity index (χ2n) is 5.42. The van der Waals surface area contributed by atoms with E-state index in [0.29, 0.717) is 23.4 Å². The van der Waals surface area contributed by atoms with Crippen molar-refractivity contribution in [2.75, 3.05) is 15.8 Å². The Kier molecular flexibility index (Phi) is 6.01. The molecule has 0 saturated carbocycles. The first kappa shape index (κ1) is 18.5. The fourth-order valence-electron chi connectivity index (χ4n) is 2.15. The fraction of sp³-hybridized carbons (Fsp3) is 0.235. The molecule has 0 bridgehead atoms. The molecule has 0 radical (unpaired) electrons. The Labute approximate surface area is 150 Å². The standard InChI is InChI=1S/C17H19BrN2O3S/c1-3-9-24(22,23)20-15-6-4-5-13(10-15)17(21)19-16-11-14(18)8-7-12(16)2/h4-8,10-11,20H,3,9H2,1-2H3,(H,19,21). The minimum Gasteiger partial charge on any atom is -0.322 e. The molecule has 0 aromatic heterocycles. The van der Waals surface area contributed by atoms with Crippen molar-refractivity contribution in [3.63, 3.8) is 0 Å². The predicted octanol–water partition coefficient (Wildman–Crippen LogP) is 4.16. The van der Waals surface area contributed by atoms with Gasteiger partial charge in [-0.15, -0.1) is 0 Å².